The molecule has 12 heavy (non-hydrogen) atoms. The summed E-state index contributed by atoms with van der Waals surface area (Å²) in [5.74, 6) is 0. The fourth-order valence-corrected chi connectivity index (χ4v) is 2.02. The maximum absolute atomic E-state index is 2.24. The zero-order valence-electron chi connectivity index (χ0n) is 7.96. The van der Waals surface area contributed by atoms with Crippen LogP contribution in [0.1, 0.15) is 19.8 Å². The number of benzene rings is 1. The molecule has 0 aromatic heterocycles. The van der Waals surface area contributed by atoms with Crippen LogP contribution in [0.25, 0.3) is 0 Å². The Balaban J connectivity index is 0.00000121. The van der Waals surface area contributed by atoms with Gasteiger partial charge in [-0.05, 0) is 0 Å². The van der Waals surface area contributed by atoms with Crippen LogP contribution in [-0.4, -0.2) is 6.16 Å². The van der Waals surface area contributed by atoms with Gasteiger partial charge in [-0.2, -0.15) is 6.16 Å². The molecule has 0 unspecified atom stereocenters. The fourth-order valence-electron chi connectivity index (χ4n) is 0.900. The van der Waals surface area contributed by atoms with Crippen molar-refractivity contribution in [1.82, 2.24) is 0 Å². The topological polar surface area (TPSA) is 0 Å². The van der Waals surface area contributed by atoms with Crippen LogP contribution in [0.3, 0.4) is 0 Å². The van der Waals surface area contributed by atoms with Crippen molar-refractivity contribution in [3.05, 3.63) is 30.3 Å². The summed E-state index contributed by atoms with van der Waals surface area (Å²) in [6.45, 7) is 2.24. The maximum atomic E-state index is 2.24. The van der Waals surface area contributed by atoms with E-state index in [9.17, 15) is 0 Å². The van der Waals surface area contributed by atoms with Crippen LogP contribution in [0.15, 0.2) is 30.3 Å². The fraction of sp³-hybridized carbons (Fsp3) is 0.400. The Bertz CT molecular complexity index is 186. The van der Waals surface area contributed by atoms with Crippen LogP contribution in [0, 0.1) is 0 Å². The van der Waals surface area contributed by atoms with E-state index in [0.717, 1.165) is 0 Å². The molecule has 60 valence electrons. The van der Waals surface area contributed by atoms with Crippen molar-refractivity contribution in [1.29, 1.82) is 0 Å². The van der Waals surface area contributed by atoms with Crippen molar-refractivity contribution in [2.45, 2.75) is 19.8 Å². The monoisotopic (exact) mass is 172 g/mol. The first-order valence-corrected chi connectivity index (χ1v) is 5.24. The Hall–Kier alpha value is 0.247. The molecule has 0 bridgehead atoms. The van der Waals surface area contributed by atoms with Gasteiger partial charge in [0.25, 0.3) is 0 Å². The third-order valence-electron chi connectivity index (χ3n) is 1.56. The second kappa shape index (κ2) is 7.87. The minimum Gasteiger partial charge on any atom is -0.506 e. The Morgan fingerprint density at radius 3 is 2.42 bits per heavy atom. The van der Waals surface area contributed by atoms with E-state index >= 15 is 0 Å². The summed E-state index contributed by atoms with van der Waals surface area (Å²) in [5.41, 5.74) is 0. The van der Waals surface area contributed by atoms with Gasteiger partial charge in [-0.1, -0.05) is 50.1 Å². The van der Waals surface area contributed by atoms with E-state index in [1.165, 1.54) is 32.9 Å². The van der Waals surface area contributed by atoms with Gasteiger partial charge in [0.1, 0.15) is 0 Å². The van der Waals surface area contributed by atoms with Crippen molar-refractivity contribution >= 4 is 13.9 Å². The molecule has 2 heteroatoms. The van der Waals surface area contributed by atoms with E-state index in [1.807, 2.05) is 0 Å². The van der Waals surface area contributed by atoms with Gasteiger partial charge in [-0.25, -0.2) is 5.30 Å². The standard InChI is InChI=1S/C10H14P.Li/c1-2-3-9-11-10-7-5-4-6-8-10;/h4-8H,2-3,9H2,1H3;/q-1;+1. The molecule has 0 aliphatic carbocycles. The molecule has 1 aromatic carbocycles. The van der Waals surface area contributed by atoms with Crippen LogP contribution < -0.4 is 24.2 Å². The Kier molecular flexibility index (Phi) is 8.04. The minimum absolute atomic E-state index is 0. The molecular weight excluding hydrogens is 158 g/mol. The molecule has 0 nitrogen and oxygen atoms in total. The first kappa shape index (κ1) is 12.2. The molecule has 0 saturated heterocycles. The van der Waals surface area contributed by atoms with E-state index in [1.54, 1.807) is 0 Å². The van der Waals surface area contributed by atoms with E-state index in [2.05, 4.69) is 37.3 Å². The zero-order chi connectivity index (χ0) is 7.94. The molecule has 1 rings (SSSR count). The Labute approximate surface area is 89.1 Å². The first-order valence-electron chi connectivity index (χ1n) is 4.16. The maximum Gasteiger partial charge on any atom is 1.00 e. The molecule has 0 atom stereocenters. The molecule has 0 aliphatic rings. The van der Waals surface area contributed by atoms with Gasteiger partial charge < -0.3 is 8.58 Å². The smallest absolute Gasteiger partial charge is 0.506 e. The third kappa shape index (κ3) is 4.99. The minimum atomic E-state index is 0. The molecule has 1 aromatic rings. The molecule has 0 radical (unpaired) electrons. The predicted octanol–water partition coefficient (Wildman–Crippen LogP) is 0.0622. The summed E-state index contributed by atoms with van der Waals surface area (Å²) in [4.78, 5) is 0. The predicted molar refractivity (Wildman–Crippen MR) is 52.8 cm³/mol. The summed E-state index contributed by atoms with van der Waals surface area (Å²) >= 11 is 0. The van der Waals surface area contributed by atoms with Gasteiger partial charge in [0.05, 0.1) is 0 Å². The van der Waals surface area contributed by atoms with Gasteiger partial charge in [0.15, 0.2) is 0 Å². The van der Waals surface area contributed by atoms with Crippen molar-refractivity contribution < 1.29 is 18.9 Å². The largest absolute Gasteiger partial charge is 1.00 e. The summed E-state index contributed by atoms with van der Waals surface area (Å²) in [5, 5.41) is 1.45. The second-order valence-corrected chi connectivity index (χ2v) is 3.85. The quantitative estimate of drug-likeness (QED) is 0.342. The third-order valence-corrected chi connectivity index (χ3v) is 2.77. The van der Waals surface area contributed by atoms with Gasteiger partial charge in [-0.3, -0.25) is 0 Å². The van der Waals surface area contributed by atoms with Gasteiger partial charge in [0, 0.05) is 0 Å². The number of hydrogen-bond acceptors (Lipinski definition) is 0. The number of rotatable bonds is 4. The van der Waals surface area contributed by atoms with Crippen molar-refractivity contribution in [3.8, 4) is 0 Å². The molecular formula is C10H14LiP. The molecule has 0 spiro atoms. The van der Waals surface area contributed by atoms with Crippen LogP contribution in [0.2, 0.25) is 0 Å². The number of unbranched alkanes of at least 4 members (excludes halogenated alkanes) is 1. The Morgan fingerprint density at radius 2 is 1.83 bits per heavy atom. The Morgan fingerprint density at radius 1 is 1.17 bits per heavy atom. The van der Waals surface area contributed by atoms with Crippen molar-refractivity contribution in [2.75, 3.05) is 6.16 Å². The van der Waals surface area contributed by atoms with Gasteiger partial charge >= 0.3 is 18.9 Å². The van der Waals surface area contributed by atoms with E-state index < -0.39 is 0 Å². The van der Waals surface area contributed by atoms with Crippen molar-refractivity contribution in [3.63, 3.8) is 0 Å². The number of hydrogen-bond donors (Lipinski definition) is 0. The molecule has 0 aliphatic heterocycles. The van der Waals surface area contributed by atoms with Crippen molar-refractivity contribution in [2.24, 2.45) is 0 Å². The summed E-state index contributed by atoms with van der Waals surface area (Å²) < 4.78 is 0. The second-order valence-electron chi connectivity index (χ2n) is 2.57. The SMILES string of the molecule is CCCC[P-]c1ccccc1.[Li+]. The molecule has 0 N–H and O–H groups in total. The van der Waals surface area contributed by atoms with Crippen LogP contribution in [-0.2, 0) is 0 Å². The van der Waals surface area contributed by atoms with E-state index in [0.29, 0.717) is 0 Å². The van der Waals surface area contributed by atoms with E-state index in [4.69, 9.17) is 0 Å². The zero-order valence-corrected chi connectivity index (χ0v) is 8.85. The molecule has 0 amide bonds. The van der Waals surface area contributed by atoms with Gasteiger partial charge in [0.2, 0.25) is 0 Å². The average Bonchev–Trinajstić information content (AvgIpc) is 2.07. The molecule has 0 fully saturated rings. The van der Waals surface area contributed by atoms with E-state index in [-0.39, 0.29) is 18.9 Å². The average molecular weight is 172 g/mol. The summed E-state index contributed by atoms with van der Waals surface area (Å²) in [6, 6.07) is 10.7. The summed E-state index contributed by atoms with van der Waals surface area (Å²) in [6.07, 6.45) is 3.96. The normalized spacial score (nSPS) is 10.1. The van der Waals surface area contributed by atoms with Gasteiger partial charge in [-0.15, -0.1) is 0 Å². The molecule has 0 saturated carbocycles. The first-order chi connectivity index (χ1) is 5.43. The molecule has 0 heterocycles. The summed E-state index contributed by atoms with van der Waals surface area (Å²) in [7, 11) is 1.48. The van der Waals surface area contributed by atoms with Crippen LogP contribution in [0.5, 0.6) is 0 Å². The van der Waals surface area contributed by atoms with Crippen LogP contribution in [0.4, 0.5) is 0 Å². The van der Waals surface area contributed by atoms with Crippen LogP contribution >= 0.6 is 8.58 Å².